The molecule has 0 aliphatic carbocycles. The van der Waals surface area contributed by atoms with Crippen LogP contribution in [0.2, 0.25) is 15.1 Å². The van der Waals surface area contributed by atoms with Gasteiger partial charge in [-0.2, -0.15) is 0 Å². The van der Waals surface area contributed by atoms with Gasteiger partial charge >= 0.3 is 0 Å². The number of carbonyl (C=O) groups is 2. The van der Waals surface area contributed by atoms with E-state index in [9.17, 15) is 14.7 Å². The van der Waals surface area contributed by atoms with E-state index < -0.39 is 23.5 Å². The van der Waals surface area contributed by atoms with Crippen molar-refractivity contribution in [3.8, 4) is 11.5 Å². The third kappa shape index (κ3) is 3.92. The quantitative estimate of drug-likeness (QED) is 0.223. The fraction of sp³-hybridized carbons (Fsp3) is 0.167. The zero-order valence-corrected chi connectivity index (χ0v) is 21.3. The maximum atomic E-state index is 13.3. The largest absolute Gasteiger partial charge is 0.507 e. The molecule has 1 atom stereocenters. The number of thiophene rings is 1. The Morgan fingerprint density at radius 1 is 1.06 bits per heavy atom. The average molecular weight is 539 g/mol. The lowest BCUT2D eigenvalue weighted by atomic mass is 9.98. The fourth-order valence-corrected chi connectivity index (χ4v) is 5.61. The van der Waals surface area contributed by atoms with Gasteiger partial charge in [-0.15, -0.1) is 11.3 Å². The zero-order valence-electron chi connectivity index (χ0n) is 18.2. The molecule has 3 aromatic rings. The molecule has 0 spiro atoms. The number of anilines is 1. The van der Waals surface area contributed by atoms with E-state index >= 15 is 0 Å². The number of nitrogens with zero attached hydrogens (tertiary/aromatic N) is 1. The highest BCUT2D eigenvalue weighted by molar-refractivity contribution is 7.10. The summed E-state index contributed by atoms with van der Waals surface area (Å²) >= 11 is 20.2. The third-order valence-electron chi connectivity index (χ3n) is 5.48. The molecular weight excluding hydrogens is 521 g/mol. The molecule has 1 N–H and O–H groups in total. The molecular formula is C24H18Cl3NO5S. The van der Waals surface area contributed by atoms with E-state index in [-0.39, 0.29) is 32.7 Å². The number of rotatable bonds is 5. The van der Waals surface area contributed by atoms with Crippen molar-refractivity contribution in [1.82, 2.24) is 0 Å². The van der Waals surface area contributed by atoms with Gasteiger partial charge in [-0.3, -0.25) is 14.5 Å². The lowest BCUT2D eigenvalue weighted by Gasteiger charge is -2.26. The van der Waals surface area contributed by atoms with Crippen LogP contribution in [-0.2, 0) is 9.59 Å². The van der Waals surface area contributed by atoms with Crippen LogP contribution in [0.25, 0.3) is 5.76 Å². The molecule has 0 radical (unpaired) electrons. The van der Waals surface area contributed by atoms with Crippen molar-refractivity contribution in [3.63, 3.8) is 0 Å². The molecule has 1 aliphatic rings. The van der Waals surface area contributed by atoms with E-state index in [0.29, 0.717) is 15.6 Å². The Morgan fingerprint density at radius 3 is 2.38 bits per heavy atom. The van der Waals surface area contributed by atoms with Crippen molar-refractivity contribution in [2.45, 2.75) is 13.0 Å². The number of aryl methyl sites for hydroxylation is 1. The van der Waals surface area contributed by atoms with Crippen LogP contribution in [0.4, 0.5) is 5.69 Å². The monoisotopic (exact) mass is 537 g/mol. The second kappa shape index (κ2) is 9.50. The van der Waals surface area contributed by atoms with Gasteiger partial charge in [-0.25, -0.2) is 0 Å². The van der Waals surface area contributed by atoms with Gasteiger partial charge in [0.15, 0.2) is 11.5 Å². The van der Waals surface area contributed by atoms with Gasteiger partial charge in [-0.05, 0) is 42.1 Å². The number of methoxy groups -OCH3 is 2. The average Bonchev–Trinajstić information content (AvgIpc) is 3.42. The first-order valence-corrected chi connectivity index (χ1v) is 11.9. The van der Waals surface area contributed by atoms with Crippen LogP contribution in [0.3, 0.4) is 0 Å². The minimum atomic E-state index is -0.901. The number of aliphatic hydroxyl groups excluding tert-OH is 1. The van der Waals surface area contributed by atoms with E-state index in [0.717, 1.165) is 5.56 Å². The molecule has 1 aromatic heterocycles. The minimum Gasteiger partial charge on any atom is -0.507 e. The van der Waals surface area contributed by atoms with E-state index in [1.54, 1.807) is 30.3 Å². The highest BCUT2D eigenvalue weighted by Crippen LogP contribution is 2.49. The Bertz CT molecular complexity index is 1340. The molecule has 1 fully saturated rings. The molecule has 176 valence electrons. The van der Waals surface area contributed by atoms with Gasteiger partial charge in [-0.1, -0.05) is 46.9 Å². The molecule has 2 aromatic carbocycles. The second-order valence-electron chi connectivity index (χ2n) is 7.40. The van der Waals surface area contributed by atoms with Crippen LogP contribution in [-0.4, -0.2) is 31.0 Å². The smallest absolute Gasteiger partial charge is 0.300 e. The molecule has 0 saturated carbocycles. The predicted molar refractivity (Wildman–Crippen MR) is 135 cm³/mol. The first kappa shape index (κ1) is 24.4. The Balaban J connectivity index is 2.02. The lowest BCUT2D eigenvalue weighted by molar-refractivity contribution is -0.132. The Labute approximate surface area is 214 Å². The summed E-state index contributed by atoms with van der Waals surface area (Å²) in [4.78, 5) is 28.6. The van der Waals surface area contributed by atoms with Gasteiger partial charge in [0.1, 0.15) is 16.8 Å². The number of ether oxygens (including phenoxy) is 2. The van der Waals surface area contributed by atoms with Crippen LogP contribution in [0.5, 0.6) is 11.5 Å². The van der Waals surface area contributed by atoms with Crippen LogP contribution in [0, 0.1) is 6.92 Å². The number of ketones is 1. The van der Waals surface area contributed by atoms with E-state index in [1.165, 1.54) is 36.5 Å². The van der Waals surface area contributed by atoms with Crippen LogP contribution in [0.1, 0.15) is 22.0 Å². The normalized spacial score (nSPS) is 17.4. The summed E-state index contributed by atoms with van der Waals surface area (Å²) in [5, 5.41) is 13.8. The molecule has 1 amide bonds. The van der Waals surface area contributed by atoms with Crippen molar-refractivity contribution >= 4 is 69.3 Å². The molecule has 34 heavy (non-hydrogen) atoms. The fourth-order valence-electron chi connectivity index (χ4n) is 3.93. The summed E-state index contributed by atoms with van der Waals surface area (Å²) in [6, 6.07) is 9.13. The Morgan fingerprint density at radius 2 is 1.76 bits per heavy atom. The maximum absolute atomic E-state index is 13.3. The summed E-state index contributed by atoms with van der Waals surface area (Å²) in [6.07, 6.45) is 0. The lowest BCUT2D eigenvalue weighted by Crippen LogP contribution is -2.29. The maximum Gasteiger partial charge on any atom is 0.300 e. The number of amides is 1. The van der Waals surface area contributed by atoms with Gasteiger partial charge in [0, 0.05) is 15.6 Å². The first-order valence-electron chi connectivity index (χ1n) is 9.92. The molecule has 2 heterocycles. The first-order chi connectivity index (χ1) is 16.2. The van der Waals surface area contributed by atoms with E-state index in [4.69, 9.17) is 44.3 Å². The Kier molecular flexibility index (Phi) is 6.82. The van der Waals surface area contributed by atoms with Crippen molar-refractivity contribution in [2.24, 2.45) is 0 Å². The minimum absolute atomic E-state index is 0.0200. The Hall–Kier alpha value is -2.71. The number of hydrogen-bond acceptors (Lipinski definition) is 6. The van der Waals surface area contributed by atoms with E-state index in [1.807, 2.05) is 12.3 Å². The summed E-state index contributed by atoms with van der Waals surface area (Å²) in [6.45, 7) is 1.81. The highest BCUT2D eigenvalue weighted by atomic mass is 35.5. The van der Waals surface area contributed by atoms with Gasteiger partial charge in [0.05, 0.1) is 30.4 Å². The number of hydrogen-bond donors (Lipinski definition) is 1. The number of Topliss-reactive ketones (excluding diaryl/α,β-unsaturated/α-hetero) is 1. The molecule has 4 rings (SSSR count). The van der Waals surface area contributed by atoms with Gasteiger partial charge < -0.3 is 14.6 Å². The second-order valence-corrected chi connectivity index (χ2v) is 9.60. The number of benzene rings is 2. The standard InChI is InChI=1S/C24H18Cl3NO5S/c1-11-6-7-12(25)9-15(11)28-19(16-5-4-8-34-16)17(21(30)24(28)31)20(29)13-10-14(26)23(33-3)18(27)22(13)32-2/h4-10,19,29H,1-3H3/b20-17-. The third-order valence-corrected chi connectivity index (χ3v) is 7.27. The SMILES string of the molecule is COc1c(Cl)cc(/C(O)=C2/C(=O)C(=O)N(c3cc(Cl)ccc3C)C2c2cccs2)c(OC)c1Cl. The van der Waals surface area contributed by atoms with Crippen molar-refractivity contribution in [1.29, 1.82) is 0 Å². The van der Waals surface area contributed by atoms with Crippen molar-refractivity contribution in [3.05, 3.63) is 78.4 Å². The molecule has 1 saturated heterocycles. The summed E-state index contributed by atoms with van der Waals surface area (Å²) in [5.41, 5.74) is 1.13. The van der Waals surface area contributed by atoms with Crippen LogP contribution in [0.15, 0.2) is 47.4 Å². The van der Waals surface area contributed by atoms with Crippen LogP contribution >= 0.6 is 46.1 Å². The molecule has 0 bridgehead atoms. The summed E-state index contributed by atoms with van der Waals surface area (Å²) in [7, 11) is 2.75. The van der Waals surface area contributed by atoms with E-state index in [2.05, 4.69) is 0 Å². The van der Waals surface area contributed by atoms with Gasteiger partial charge in [0.2, 0.25) is 0 Å². The predicted octanol–water partition coefficient (Wildman–Crippen LogP) is 6.66. The summed E-state index contributed by atoms with van der Waals surface area (Å²) < 4.78 is 10.6. The number of carbonyl (C=O) groups excluding carboxylic acids is 2. The molecule has 6 nitrogen and oxygen atoms in total. The van der Waals surface area contributed by atoms with Crippen LogP contribution < -0.4 is 14.4 Å². The zero-order chi connectivity index (χ0) is 24.7. The van der Waals surface area contributed by atoms with Gasteiger partial charge in [0.25, 0.3) is 11.7 Å². The number of aliphatic hydroxyl groups is 1. The number of halogens is 3. The van der Waals surface area contributed by atoms with Crippen molar-refractivity contribution in [2.75, 3.05) is 19.1 Å². The molecule has 1 aliphatic heterocycles. The molecule has 10 heteroatoms. The summed E-state index contributed by atoms with van der Waals surface area (Å²) in [5.74, 6) is -1.92. The topological polar surface area (TPSA) is 76.1 Å². The highest BCUT2D eigenvalue weighted by Gasteiger charge is 2.48. The van der Waals surface area contributed by atoms with Crippen molar-refractivity contribution < 1.29 is 24.2 Å². The molecule has 1 unspecified atom stereocenters.